The normalized spacial score (nSPS) is 18.6. The fourth-order valence-corrected chi connectivity index (χ4v) is 2.39. The zero-order chi connectivity index (χ0) is 13.8. The molecule has 0 unspecified atom stereocenters. The van der Waals surface area contributed by atoms with Crippen LogP contribution in [0.3, 0.4) is 0 Å². The van der Waals surface area contributed by atoms with Crippen LogP contribution in [-0.2, 0) is 4.79 Å². The van der Waals surface area contributed by atoms with Crippen molar-refractivity contribution in [3.8, 4) is 0 Å². The van der Waals surface area contributed by atoms with E-state index in [0.29, 0.717) is 6.04 Å². The van der Waals surface area contributed by atoms with E-state index < -0.39 is 0 Å². The second-order valence-electron chi connectivity index (χ2n) is 5.26. The molecule has 2 aliphatic rings. The zero-order valence-electron chi connectivity index (χ0n) is 11.4. The summed E-state index contributed by atoms with van der Waals surface area (Å²) < 4.78 is 0. The molecular formula is C17H19N2O. The number of anilines is 1. The molecule has 0 aliphatic heterocycles. The molecule has 3 nitrogen and oxygen atoms in total. The highest BCUT2D eigenvalue weighted by atomic mass is 16.1. The predicted octanol–water partition coefficient (Wildman–Crippen LogP) is 3.19. The molecule has 1 saturated carbocycles. The van der Waals surface area contributed by atoms with Gasteiger partial charge in [-0.25, -0.2) is 0 Å². The van der Waals surface area contributed by atoms with Crippen molar-refractivity contribution in [3.05, 3.63) is 60.2 Å². The third-order valence-corrected chi connectivity index (χ3v) is 3.77. The highest BCUT2D eigenvalue weighted by Gasteiger charge is 2.23. The summed E-state index contributed by atoms with van der Waals surface area (Å²) in [7, 11) is 0. The first kappa shape index (κ1) is 13.0. The van der Waals surface area contributed by atoms with Crippen molar-refractivity contribution >= 4 is 11.6 Å². The largest absolute Gasteiger partial charge is 0.355 e. The first-order valence-electron chi connectivity index (χ1n) is 7.20. The summed E-state index contributed by atoms with van der Waals surface area (Å²) in [4.78, 5) is 12.3. The monoisotopic (exact) mass is 267 g/mol. The van der Waals surface area contributed by atoms with Crippen molar-refractivity contribution in [1.82, 2.24) is 5.32 Å². The molecule has 3 rings (SSSR count). The molecule has 0 heterocycles. The van der Waals surface area contributed by atoms with Crippen molar-refractivity contribution in [2.75, 3.05) is 5.32 Å². The van der Waals surface area contributed by atoms with Gasteiger partial charge in [0.2, 0.25) is 5.91 Å². The highest BCUT2D eigenvalue weighted by Crippen LogP contribution is 2.23. The maximum atomic E-state index is 12.3. The molecule has 103 valence electrons. The van der Waals surface area contributed by atoms with Gasteiger partial charge in [0.15, 0.2) is 0 Å². The van der Waals surface area contributed by atoms with Crippen molar-refractivity contribution in [3.63, 3.8) is 0 Å². The van der Waals surface area contributed by atoms with Crippen molar-refractivity contribution in [2.24, 2.45) is 0 Å². The molecule has 1 fully saturated rings. The Bertz CT molecular complexity index is 541. The van der Waals surface area contributed by atoms with Crippen molar-refractivity contribution in [2.45, 2.75) is 31.7 Å². The second kappa shape index (κ2) is 5.95. The molecule has 0 saturated heterocycles. The van der Waals surface area contributed by atoms with Crippen LogP contribution in [0, 0.1) is 6.42 Å². The zero-order valence-corrected chi connectivity index (χ0v) is 11.4. The van der Waals surface area contributed by atoms with Crippen LogP contribution in [0.5, 0.6) is 0 Å². The van der Waals surface area contributed by atoms with Crippen LogP contribution in [-0.4, -0.2) is 11.9 Å². The van der Waals surface area contributed by atoms with Gasteiger partial charge in [0.25, 0.3) is 0 Å². The van der Waals surface area contributed by atoms with Gasteiger partial charge in [0.1, 0.15) is 0 Å². The minimum atomic E-state index is 0.0393. The van der Waals surface area contributed by atoms with Gasteiger partial charge in [-0.15, -0.1) is 0 Å². The molecule has 20 heavy (non-hydrogen) atoms. The van der Waals surface area contributed by atoms with Crippen LogP contribution >= 0.6 is 0 Å². The summed E-state index contributed by atoms with van der Waals surface area (Å²) >= 11 is 0. The number of amides is 1. The SMILES string of the molecule is O=C(NC1CCC1)C1=C(Nc2ccccc2)C=CC[CH]1. The number of hydrogen-bond acceptors (Lipinski definition) is 2. The van der Waals surface area contributed by atoms with Gasteiger partial charge < -0.3 is 10.6 Å². The second-order valence-corrected chi connectivity index (χ2v) is 5.26. The molecular weight excluding hydrogens is 248 g/mol. The summed E-state index contributed by atoms with van der Waals surface area (Å²) in [5.74, 6) is 0.0393. The van der Waals surface area contributed by atoms with E-state index in [1.54, 1.807) is 0 Å². The number of nitrogens with one attached hydrogen (secondary N) is 2. The molecule has 3 heteroatoms. The van der Waals surface area contributed by atoms with E-state index in [4.69, 9.17) is 0 Å². The molecule has 2 N–H and O–H groups in total. The lowest BCUT2D eigenvalue weighted by atomic mass is 9.92. The topological polar surface area (TPSA) is 41.1 Å². The summed E-state index contributed by atoms with van der Waals surface area (Å²) in [5.41, 5.74) is 2.62. The van der Waals surface area contributed by atoms with Crippen LogP contribution < -0.4 is 10.6 Å². The van der Waals surface area contributed by atoms with Crippen molar-refractivity contribution in [1.29, 1.82) is 0 Å². The van der Waals surface area contributed by atoms with Gasteiger partial charge in [-0.1, -0.05) is 24.3 Å². The molecule has 0 bridgehead atoms. The van der Waals surface area contributed by atoms with Crippen molar-refractivity contribution < 1.29 is 4.79 Å². The lowest BCUT2D eigenvalue weighted by Gasteiger charge is -2.27. The summed E-state index contributed by atoms with van der Waals surface area (Å²) in [6, 6.07) is 10.3. The van der Waals surface area contributed by atoms with E-state index in [1.165, 1.54) is 6.42 Å². The molecule has 1 radical (unpaired) electrons. The average molecular weight is 267 g/mol. The van der Waals surface area contributed by atoms with E-state index >= 15 is 0 Å². The van der Waals surface area contributed by atoms with Gasteiger partial charge in [0.05, 0.1) is 0 Å². The number of hydrogen-bond donors (Lipinski definition) is 2. The van der Waals surface area contributed by atoms with Crippen LogP contribution in [0.15, 0.2) is 53.8 Å². The number of carbonyl (C=O) groups is 1. The highest BCUT2D eigenvalue weighted by molar-refractivity contribution is 5.98. The minimum absolute atomic E-state index is 0.0393. The first-order valence-corrected chi connectivity index (χ1v) is 7.20. The number of allylic oxidation sites excluding steroid dienone is 2. The van der Waals surface area contributed by atoms with Gasteiger partial charge in [0, 0.05) is 29.4 Å². The Kier molecular flexibility index (Phi) is 3.86. The summed E-state index contributed by atoms with van der Waals surface area (Å²) in [5, 5.41) is 6.42. The third kappa shape index (κ3) is 2.93. The molecule has 1 aromatic carbocycles. The standard InChI is InChI=1S/C17H19N2O/c20-17(19-14-9-6-10-14)15-11-4-5-12-16(15)18-13-7-2-1-3-8-13/h1-3,5,7-8,11-12,14,18H,4,6,9-10H2,(H,19,20). The summed E-state index contributed by atoms with van der Waals surface area (Å²) in [6.45, 7) is 0. The summed E-state index contributed by atoms with van der Waals surface area (Å²) in [6.07, 6.45) is 10.3. The van der Waals surface area contributed by atoms with Crippen LogP contribution in [0.25, 0.3) is 0 Å². The number of benzene rings is 1. The quantitative estimate of drug-likeness (QED) is 0.879. The third-order valence-electron chi connectivity index (χ3n) is 3.77. The molecule has 0 atom stereocenters. The predicted molar refractivity (Wildman–Crippen MR) is 80.9 cm³/mol. The van der Waals surface area contributed by atoms with Gasteiger partial charge >= 0.3 is 0 Å². The van der Waals surface area contributed by atoms with E-state index in [1.807, 2.05) is 42.8 Å². The van der Waals surface area contributed by atoms with E-state index in [2.05, 4.69) is 16.7 Å². The number of para-hydroxylation sites is 1. The number of rotatable bonds is 4. The molecule has 0 aromatic heterocycles. The Hall–Kier alpha value is -2.03. The van der Waals surface area contributed by atoms with Crippen LogP contribution in [0.2, 0.25) is 0 Å². The lowest BCUT2D eigenvalue weighted by molar-refractivity contribution is -0.118. The maximum absolute atomic E-state index is 12.3. The van der Waals surface area contributed by atoms with E-state index in [0.717, 1.165) is 36.2 Å². The minimum Gasteiger partial charge on any atom is -0.355 e. The smallest absolute Gasteiger partial charge is 0.249 e. The van der Waals surface area contributed by atoms with Gasteiger partial charge in [-0.3, -0.25) is 4.79 Å². The number of carbonyl (C=O) groups excluding carboxylic acids is 1. The fourth-order valence-electron chi connectivity index (χ4n) is 2.39. The lowest BCUT2D eigenvalue weighted by Crippen LogP contribution is -2.40. The maximum Gasteiger partial charge on any atom is 0.249 e. The first-order chi connectivity index (χ1) is 9.83. The molecule has 2 aliphatic carbocycles. The van der Waals surface area contributed by atoms with E-state index in [9.17, 15) is 4.79 Å². The van der Waals surface area contributed by atoms with Gasteiger partial charge in [-0.05, 0) is 43.9 Å². The molecule has 1 amide bonds. The Balaban J connectivity index is 1.76. The Morgan fingerprint density at radius 3 is 2.65 bits per heavy atom. The Labute approximate surface area is 119 Å². The van der Waals surface area contributed by atoms with Crippen LogP contribution in [0.1, 0.15) is 25.7 Å². The Morgan fingerprint density at radius 2 is 1.95 bits per heavy atom. The Morgan fingerprint density at radius 1 is 1.15 bits per heavy atom. The molecule has 0 spiro atoms. The average Bonchev–Trinajstić information content (AvgIpc) is 2.44. The molecule has 1 aromatic rings. The van der Waals surface area contributed by atoms with Gasteiger partial charge in [-0.2, -0.15) is 0 Å². The van der Waals surface area contributed by atoms with Crippen LogP contribution in [0.4, 0.5) is 5.69 Å². The fraction of sp³-hybridized carbons (Fsp3) is 0.294. The van der Waals surface area contributed by atoms with E-state index in [-0.39, 0.29) is 5.91 Å².